The van der Waals surface area contributed by atoms with E-state index in [1.807, 2.05) is 31.2 Å². The maximum absolute atomic E-state index is 14.3. The number of hydrogen-bond donors (Lipinski definition) is 1. The van der Waals surface area contributed by atoms with Crippen molar-refractivity contribution in [3.63, 3.8) is 0 Å². The second-order valence-corrected chi connectivity index (χ2v) is 11.0. The van der Waals surface area contributed by atoms with Gasteiger partial charge in [-0.2, -0.15) is 13.2 Å². The number of piperidine rings is 1. The molecule has 2 aromatic rings. The fraction of sp³-hybridized carbons (Fsp3) is 0.483. The summed E-state index contributed by atoms with van der Waals surface area (Å²) in [5.74, 6) is -2.99. The van der Waals surface area contributed by atoms with Crippen LogP contribution in [-0.4, -0.2) is 60.2 Å². The van der Waals surface area contributed by atoms with Gasteiger partial charge >= 0.3 is 6.18 Å². The summed E-state index contributed by atoms with van der Waals surface area (Å²) in [7, 11) is 1.78. The van der Waals surface area contributed by atoms with Crippen LogP contribution in [0, 0.1) is 24.1 Å². The second kappa shape index (κ2) is 10.6. The van der Waals surface area contributed by atoms with Gasteiger partial charge in [0.25, 0.3) is 5.91 Å². The van der Waals surface area contributed by atoms with E-state index in [0.29, 0.717) is 37.6 Å². The lowest BCUT2D eigenvalue weighted by molar-refractivity contribution is -0.143. The average molecular weight is 548 g/mol. The Hall–Kier alpha value is -3.43. The van der Waals surface area contributed by atoms with E-state index < -0.39 is 52.3 Å². The van der Waals surface area contributed by atoms with Gasteiger partial charge in [-0.05, 0) is 49.4 Å². The summed E-state index contributed by atoms with van der Waals surface area (Å²) in [6.07, 6.45) is -3.86. The highest BCUT2D eigenvalue weighted by Gasteiger charge is 2.55. The van der Waals surface area contributed by atoms with E-state index in [4.69, 9.17) is 0 Å². The Bertz CT molecular complexity index is 1250. The molecule has 2 fully saturated rings. The van der Waals surface area contributed by atoms with Gasteiger partial charge in [-0.1, -0.05) is 43.7 Å². The summed E-state index contributed by atoms with van der Waals surface area (Å²) in [5.41, 5.74) is -0.372. The number of rotatable bonds is 5. The lowest BCUT2D eigenvalue weighted by Crippen LogP contribution is -2.55. The number of likely N-dealkylation sites (tertiary alicyclic amines) is 2. The highest BCUT2D eigenvalue weighted by Crippen LogP contribution is 2.50. The molecular weight excluding hydrogens is 514 g/mol. The summed E-state index contributed by atoms with van der Waals surface area (Å²) in [5, 5.41) is 2.45. The molecule has 210 valence electrons. The molecule has 2 aliphatic heterocycles. The zero-order chi connectivity index (χ0) is 28.7. The smallest absolute Gasteiger partial charge is 0.345 e. The summed E-state index contributed by atoms with van der Waals surface area (Å²) in [6, 6.07) is 8.66. The molecular formula is C29H33F4N3O3. The molecule has 0 radical (unpaired) electrons. The van der Waals surface area contributed by atoms with Crippen LogP contribution in [0.2, 0.25) is 0 Å². The quantitative estimate of drug-likeness (QED) is 0.549. The molecule has 2 atom stereocenters. The van der Waals surface area contributed by atoms with Gasteiger partial charge in [0.05, 0.1) is 16.5 Å². The first-order chi connectivity index (χ1) is 18.2. The predicted molar refractivity (Wildman–Crippen MR) is 137 cm³/mol. The van der Waals surface area contributed by atoms with Crippen LogP contribution in [0.5, 0.6) is 0 Å². The molecule has 0 saturated carbocycles. The molecule has 0 bridgehead atoms. The third-order valence-electron chi connectivity index (χ3n) is 8.10. The number of alkyl halides is 3. The van der Waals surface area contributed by atoms with E-state index in [1.165, 1.54) is 0 Å². The highest BCUT2D eigenvalue weighted by molar-refractivity contribution is 5.98. The molecule has 2 aliphatic rings. The molecule has 4 rings (SSSR count). The SMILES string of the molecule is Cc1ccc(C2CN(C)C(=O)C23CCN(C(=O)[C@H](NC(=O)c2cc(C(F)(F)F)ccc2F)C(C)C)CC3)cc1. The fourth-order valence-corrected chi connectivity index (χ4v) is 5.78. The number of halogens is 4. The zero-order valence-corrected chi connectivity index (χ0v) is 22.4. The van der Waals surface area contributed by atoms with Crippen molar-refractivity contribution in [2.24, 2.45) is 11.3 Å². The van der Waals surface area contributed by atoms with Crippen LogP contribution in [-0.2, 0) is 15.8 Å². The number of amides is 3. The zero-order valence-electron chi connectivity index (χ0n) is 22.4. The second-order valence-electron chi connectivity index (χ2n) is 11.0. The Morgan fingerprint density at radius 1 is 1.05 bits per heavy atom. The number of likely N-dealkylation sites (N-methyl/N-ethyl adjacent to an activating group) is 1. The molecule has 1 N–H and O–H groups in total. The van der Waals surface area contributed by atoms with Crippen molar-refractivity contribution in [3.05, 3.63) is 70.5 Å². The minimum absolute atomic E-state index is 0.0164. The Morgan fingerprint density at radius 2 is 1.67 bits per heavy atom. The molecule has 1 spiro atoms. The highest BCUT2D eigenvalue weighted by atomic mass is 19.4. The van der Waals surface area contributed by atoms with Crippen molar-refractivity contribution in [2.45, 2.75) is 51.7 Å². The summed E-state index contributed by atoms with van der Waals surface area (Å²) < 4.78 is 53.6. The van der Waals surface area contributed by atoms with Crippen LogP contribution in [0.3, 0.4) is 0 Å². The maximum Gasteiger partial charge on any atom is 0.416 e. The van der Waals surface area contributed by atoms with Gasteiger partial charge in [-0.25, -0.2) is 4.39 Å². The minimum atomic E-state index is -4.75. The first kappa shape index (κ1) is 28.6. The normalized spacial score (nSPS) is 20.0. The maximum atomic E-state index is 14.3. The largest absolute Gasteiger partial charge is 0.416 e. The molecule has 0 aliphatic carbocycles. The van der Waals surface area contributed by atoms with Crippen LogP contribution in [0.4, 0.5) is 17.6 Å². The molecule has 2 saturated heterocycles. The average Bonchev–Trinajstić information content (AvgIpc) is 3.12. The molecule has 1 unspecified atom stereocenters. The minimum Gasteiger partial charge on any atom is -0.345 e. The van der Waals surface area contributed by atoms with Crippen LogP contribution < -0.4 is 5.32 Å². The van der Waals surface area contributed by atoms with E-state index >= 15 is 0 Å². The molecule has 39 heavy (non-hydrogen) atoms. The van der Waals surface area contributed by atoms with Gasteiger partial charge in [0.2, 0.25) is 11.8 Å². The number of nitrogens with one attached hydrogen (secondary N) is 1. The van der Waals surface area contributed by atoms with Gasteiger partial charge < -0.3 is 15.1 Å². The number of benzene rings is 2. The van der Waals surface area contributed by atoms with Crippen molar-refractivity contribution >= 4 is 17.7 Å². The van der Waals surface area contributed by atoms with E-state index in [-0.39, 0.29) is 24.9 Å². The molecule has 2 aromatic carbocycles. The number of carbonyl (C=O) groups excluding carboxylic acids is 3. The Balaban J connectivity index is 1.50. The van der Waals surface area contributed by atoms with Gasteiger partial charge in [-0.3, -0.25) is 14.4 Å². The third kappa shape index (κ3) is 5.51. The lowest BCUT2D eigenvalue weighted by atomic mass is 9.67. The van der Waals surface area contributed by atoms with Crippen molar-refractivity contribution in [1.29, 1.82) is 0 Å². The van der Waals surface area contributed by atoms with Crippen molar-refractivity contribution in [1.82, 2.24) is 15.1 Å². The van der Waals surface area contributed by atoms with Crippen LogP contribution in [0.15, 0.2) is 42.5 Å². The first-order valence-corrected chi connectivity index (χ1v) is 13.0. The molecule has 2 heterocycles. The monoisotopic (exact) mass is 547 g/mol. The van der Waals surface area contributed by atoms with Crippen molar-refractivity contribution < 1.29 is 31.9 Å². The topological polar surface area (TPSA) is 69.7 Å². The molecule has 10 heteroatoms. The number of carbonyl (C=O) groups is 3. The summed E-state index contributed by atoms with van der Waals surface area (Å²) in [6.45, 7) is 6.55. The fourth-order valence-electron chi connectivity index (χ4n) is 5.78. The van der Waals surface area contributed by atoms with Crippen LogP contribution in [0.25, 0.3) is 0 Å². The Morgan fingerprint density at radius 3 is 2.23 bits per heavy atom. The number of aryl methyl sites for hydroxylation is 1. The molecule has 6 nitrogen and oxygen atoms in total. The molecule has 3 amide bonds. The van der Waals surface area contributed by atoms with E-state index in [0.717, 1.165) is 11.1 Å². The Kier molecular flexibility index (Phi) is 7.78. The van der Waals surface area contributed by atoms with Gasteiger partial charge in [0, 0.05) is 32.6 Å². The van der Waals surface area contributed by atoms with E-state index in [1.54, 1.807) is 30.7 Å². The van der Waals surface area contributed by atoms with Gasteiger partial charge in [0.15, 0.2) is 0 Å². The number of hydrogen-bond acceptors (Lipinski definition) is 3. The van der Waals surface area contributed by atoms with Gasteiger partial charge in [0.1, 0.15) is 11.9 Å². The van der Waals surface area contributed by atoms with E-state index in [2.05, 4.69) is 5.32 Å². The summed E-state index contributed by atoms with van der Waals surface area (Å²) in [4.78, 5) is 43.0. The van der Waals surface area contributed by atoms with Crippen molar-refractivity contribution in [3.8, 4) is 0 Å². The lowest BCUT2D eigenvalue weighted by Gasteiger charge is -2.42. The standard InChI is InChI=1S/C29H33F4N3O3/c1-17(2)24(34-25(37)21-15-20(29(31,32)33)9-10-23(21)30)26(38)36-13-11-28(12-14-36)22(16-35(4)27(28)39)19-7-5-18(3)6-8-19/h5-10,15,17,22,24H,11-14,16H2,1-4H3,(H,34,37)/t22?,24-/m1/s1. The van der Waals surface area contributed by atoms with Crippen LogP contribution in [0.1, 0.15) is 59.7 Å². The third-order valence-corrected chi connectivity index (χ3v) is 8.10. The van der Waals surface area contributed by atoms with Crippen LogP contribution >= 0.6 is 0 Å². The number of nitrogens with zero attached hydrogens (tertiary/aromatic N) is 2. The van der Waals surface area contributed by atoms with Crippen molar-refractivity contribution in [2.75, 3.05) is 26.7 Å². The Labute approximate surface area is 225 Å². The molecule has 0 aromatic heterocycles. The summed E-state index contributed by atoms with van der Waals surface area (Å²) >= 11 is 0. The van der Waals surface area contributed by atoms with E-state index in [9.17, 15) is 31.9 Å². The predicted octanol–water partition coefficient (Wildman–Crippen LogP) is 4.77. The first-order valence-electron chi connectivity index (χ1n) is 13.0. The van der Waals surface area contributed by atoms with Gasteiger partial charge in [-0.15, -0.1) is 0 Å².